The van der Waals surface area contributed by atoms with Crippen LogP contribution in [-0.2, 0) is 4.74 Å². The zero-order valence-corrected chi connectivity index (χ0v) is 11.4. The Kier molecular flexibility index (Phi) is 5.77. The molecule has 3 nitrogen and oxygen atoms in total. The second kappa shape index (κ2) is 7.12. The number of alkyl carbamates (subject to hydrolysis) is 1. The summed E-state index contributed by atoms with van der Waals surface area (Å²) in [4.78, 5) is 11.4. The lowest BCUT2D eigenvalue weighted by Gasteiger charge is -2.14. The topological polar surface area (TPSA) is 38.3 Å². The van der Waals surface area contributed by atoms with Crippen molar-refractivity contribution in [2.45, 2.75) is 19.4 Å². The van der Waals surface area contributed by atoms with Gasteiger partial charge in [-0.15, -0.1) is 6.58 Å². The molecule has 1 unspecified atom stereocenters. The molecule has 1 aromatic rings. The average molecular weight is 298 g/mol. The van der Waals surface area contributed by atoms with Gasteiger partial charge in [-0.05, 0) is 31.0 Å². The maximum atomic E-state index is 11.4. The number of nitrogens with one attached hydrogen (secondary N) is 1. The van der Waals surface area contributed by atoms with Gasteiger partial charge < -0.3 is 10.1 Å². The van der Waals surface area contributed by atoms with Gasteiger partial charge in [0.15, 0.2) is 0 Å². The van der Waals surface area contributed by atoms with E-state index in [1.807, 2.05) is 31.2 Å². The molecule has 0 fully saturated rings. The zero-order valence-electron chi connectivity index (χ0n) is 9.78. The van der Waals surface area contributed by atoms with Crippen LogP contribution in [0, 0.1) is 0 Å². The zero-order chi connectivity index (χ0) is 12.7. The van der Waals surface area contributed by atoms with E-state index in [4.69, 9.17) is 4.74 Å². The molecule has 0 aliphatic rings. The fourth-order valence-electron chi connectivity index (χ4n) is 1.28. The molecule has 4 heteroatoms. The monoisotopic (exact) mass is 297 g/mol. The summed E-state index contributed by atoms with van der Waals surface area (Å²) >= 11 is 3.36. The summed E-state index contributed by atoms with van der Waals surface area (Å²) in [6.07, 6.45) is 1.83. The lowest BCUT2D eigenvalue weighted by Crippen LogP contribution is -2.26. The van der Waals surface area contributed by atoms with Crippen LogP contribution in [-0.4, -0.2) is 12.6 Å². The summed E-state index contributed by atoms with van der Waals surface area (Å²) in [5, 5.41) is 2.65. The van der Waals surface area contributed by atoms with E-state index in [-0.39, 0.29) is 6.10 Å². The van der Waals surface area contributed by atoms with Gasteiger partial charge in [0.1, 0.15) is 6.10 Å². The quantitative estimate of drug-likeness (QED) is 0.663. The molecule has 0 aromatic heterocycles. The molecule has 1 atom stereocenters. The van der Waals surface area contributed by atoms with E-state index < -0.39 is 6.09 Å². The van der Waals surface area contributed by atoms with Crippen molar-refractivity contribution in [1.82, 2.24) is 5.32 Å². The standard InChI is InChI=1S/C13H16BrNO2/c1-3-4-9-15-13(16)17-10(2)11-5-7-12(14)8-6-11/h3,5-8,10H,1,4,9H2,2H3,(H,15,16). The Bertz CT molecular complexity index is 376. The Morgan fingerprint density at radius 1 is 1.53 bits per heavy atom. The van der Waals surface area contributed by atoms with Gasteiger partial charge in [-0.2, -0.15) is 0 Å². The Morgan fingerprint density at radius 3 is 2.76 bits per heavy atom. The highest BCUT2D eigenvalue weighted by Crippen LogP contribution is 2.19. The number of ether oxygens (including phenoxy) is 1. The molecule has 1 N–H and O–H groups in total. The summed E-state index contributed by atoms with van der Waals surface area (Å²) in [6, 6.07) is 7.69. The van der Waals surface area contributed by atoms with E-state index in [9.17, 15) is 4.79 Å². The van der Waals surface area contributed by atoms with Gasteiger partial charge in [-0.25, -0.2) is 4.79 Å². The smallest absolute Gasteiger partial charge is 0.407 e. The minimum atomic E-state index is -0.401. The van der Waals surface area contributed by atoms with Crippen LogP contribution < -0.4 is 5.32 Å². The molecule has 0 aliphatic carbocycles. The maximum Gasteiger partial charge on any atom is 0.407 e. The molecule has 0 saturated heterocycles. The number of amides is 1. The van der Waals surface area contributed by atoms with Gasteiger partial charge in [-0.3, -0.25) is 0 Å². The lowest BCUT2D eigenvalue weighted by atomic mass is 10.1. The van der Waals surface area contributed by atoms with Crippen molar-refractivity contribution in [3.05, 3.63) is 47.0 Å². The Hall–Kier alpha value is -1.29. The molecule has 0 aliphatic heterocycles. The van der Waals surface area contributed by atoms with Crippen LogP contribution in [0.2, 0.25) is 0 Å². The third-order valence-corrected chi connectivity index (χ3v) is 2.77. The molecule has 0 radical (unpaired) electrons. The first-order chi connectivity index (χ1) is 8.13. The number of halogens is 1. The highest BCUT2D eigenvalue weighted by atomic mass is 79.9. The third-order valence-electron chi connectivity index (χ3n) is 2.24. The maximum absolute atomic E-state index is 11.4. The summed E-state index contributed by atoms with van der Waals surface area (Å²) in [5.74, 6) is 0. The van der Waals surface area contributed by atoms with Crippen LogP contribution >= 0.6 is 15.9 Å². The van der Waals surface area contributed by atoms with Crippen molar-refractivity contribution < 1.29 is 9.53 Å². The van der Waals surface area contributed by atoms with Crippen LogP contribution in [0.4, 0.5) is 4.79 Å². The molecule has 17 heavy (non-hydrogen) atoms. The van der Waals surface area contributed by atoms with Gasteiger partial charge in [0, 0.05) is 11.0 Å². The molecule has 92 valence electrons. The molecule has 0 spiro atoms. The minimum Gasteiger partial charge on any atom is -0.442 e. The molecular weight excluding hydrogens is 282 g/mol. The second-order valence-electron chi connectivity index (χ2n) is 3.60. The number of benzene rings is 1. The van der Waals surface area contributed by atoms with Crippen LogP contribution in [0.1, 0.15) is 25.0 Å². The van der Waals surface area contributed by atoms with Crippen LogP contribution in [0.5, 0.6) is 0 Å². The summed E-state index contributed by atoms with van der Waals surface area (Å²) in [7, 11) is 0. The predicted octanol–water partition coefficient (Wildman–Crippen LogP) is 3.81. The van der Waals surface area contributed by atoms with E-state index in [2.05, 4.69) is 27.8 Å². The van der Waals surface area contributed by atoms with Crippen molar-refractivity contribution >= 4 is 22.0 Å². The Balaban J connectivity index is 2.42. The number of carbonyl (C=O) groups is 1. The van der Waals surface area contributed by atoms with Gasteiger partial charge in [0.05, 0.1) is 0 Å². The first kappa shape index (κ1) is 13.8. The molecule has 0 heterocycles. The van der Waals surface area contributed by atoms with Crippen molar-refractivity contribution in [3.8, 4) is 0 Å². The van der Waals surface area contributed by atoms with Gasteiger partial charge in [-0.1, -0.05) is 34.1 Å². The highest BCUT2D eigenvalue weighted by Gasteiger charge is 2.10. The number of hydrogen-bond acceptors (Lipinski definition) is 2. The Labute approximate surface area is 110 Å². The highest BCUT2D eigenvalue weighted by molar-refractivity contribution is 9.10. The first-order valence-corrected chi connectivity index (χ1v) is 6.23. The summed E-state index contributed by atoms with van der Waals surface area (Å²) in [5.41, 5.74) is 0.965. The molecule has 0 bridgehead atoms. The van der Waals surface area contributed by atoms with Gasteiger partial charge >= 0.3 is 6.09 Å². The number of rotatable bonds is 5. The number of carbonyl (C=O) groups excluding carboxylic acids is 1. The van der Waals surface area contributed by atoms with Crippen LogP contribution in [0.3, 0.4) is 0 Å². The van der Waals surface area contributed by atoms with Crippen LogP contribution in [0.15, 0.2) is 41.4 Å². The van der Waals surface area contributed by atoms with E-state index in [1.54, 1.807) is 6.08 Å². The van der Waals surface area contributed by atoms with Crippen molar-refractivity contribution in [3.63, 3.8) is 0 Å². The summed E-state index contributed by atoms with van der Waals surface area (Å²) in [6.45, 7) is 5.97. The largest absolute Gasteiger partial charge is 0.442 e. The predicted molar refractivity (Wildman–Crippen MR) is 71.9 cm³/mol. The fraction of sp³-hybridized carbons (Fsp3) is 0.308. The van der Waals surface area contributed by atoms with E-state index in [0.717, 1.165) is 16.5 Å². The number of hydrogen-bond donors (Lipinski definition) is 1. The van der Waals surface area contributed by atoms with E-state index in [1.165, 1.54) is 0 Å². The SMILES string of the molecule is C=CCCNC(=O)OC(C)c1ccc(Br)cc1. The average Bonchev–Trinajstić information content (AvgIpc) is 2.30. The van der Waals surface area contributed by atoms with Gasteiger partial charge in [0.25, 0.3) is 0 Å². The van der Waals surface area contributed by atoms with E-state index >= 15 is 0 Å². The second-order valence-corrected chi connectivity index (χ2v) is 4.52. The first-order valence-electron chi connectivity index (χ1n) is 5.44. The van der Waals surface area contributed by atoms with Crippen molar-refractivity contribution in [1.29, 1.82) is 0 Å². The lowest BCUT2D eigenvalue weighted by molar-refractivity contribution is 0.107. The normalized spacial score (nSPS) is 11.6. The molecule has 1 amide bonds. The van der Waals surface area contributed by atoms with Crippen LogP contribution in [0.25, 0.3) is 0 Å². The van der Waals surface area contributed by atoms with Crippen molar-refractivity contribution in [2.75, 3.05) is 6.54 Å². The van der Waals surface area contributed by atoms with Crippen molar-refractivity contribution in [2.24, 2.45) is 0 Å². The molecule has 1 rings (SSSR count). The van der Waals surface area contributed by atoms with E-state index in [0.29, 0.717) is 6.54 Å². The third kappa shape index (κ3) is 5.04. The molecular formula is C13H16BrNO2. The molecule has 0 saturated carbocycles. The Morgan fingerprint density at radius 2 is 2.18 bits per heavy atom. The summed E-state index contributed by atoms with van der Waals surface area (Å²) < 4.78 is 6.23. The minimum absolute atomic E-state index is 0.258. The van der Waals surface area contributed by atoms with Gasteiger partial charge in [0.2, 0.25) is 0 Å². The molecule has 1 aromatic carbocycles. The fourth-order valence-corrected chi connectivity index (χ4v) is 1.54.